The number of piperazine rings is 1. The topological polar surface area (TPSA) is 65.8 Å². The first-order chi connectivity index (χ1) is 13.2. The Morgan fingerprint density at radius 2 is 1.96 bits per heavy atom. The van der Waals surface area contributed by atoms with Crippen LogP contribution in [0, 0.1) is 5.82 Å². The molecule has 0 aliphatic carbocycles. The Bertz CT molecular complexity index is 964. The molecule has 1 aliphatic heterocycles. The molecular formula is C19H21FN6O. The molecule has 0 spiro atoms. The lowest BCUT2D eigenvalue weighted by molar-refractivity contribution is 0.102. The minimum absolute atomic E-state index is 0.246. The first-order valence-electron chi connectivity index (χ1n) is 9.03. The average Bonchev–Trinajstić information content (AvgIpc) is 3.11. The van der Waals surface area contributed by atoms with E-state index in [0.717, 1.165) is 32.7 Å². The molecule has 140 valence electrons. The van der Waals surface area contributed by atoms with E-state index in [2.05, 4.69) is 27.3 Å². The number of pyridine rings is 1. The second-order valence-corrected chi connectivity index (χ2v) is 6.49. The van der Waals surface area contributed by atoms with E-state index in [0.29, 0.717) is 17.3 Å². The van der Waals surface area contributed by atoms with Crippen LogP contribution in [0.1, 0.15) is 17.3 Å². The number of anilines is 2. The highest BCUT2D eigenvalue weighted by Crippen LogP contribution is 2.22. The summed E-state index contributed by atoms with van der Waals surface area (Å²) < 4.78 is 16.3. The molecular weight excluding hydrogens is 347 g/mol. The van der Waals surface area contributed by atoms with E-state index in [1.165, 1.54) is 6.07 Å². The molecule has 0 unspecified atom stereocenters. The number of halogens is 1. The average molecular weight is 368 g/mol. The summed E-state index contributed by atoms with van der Waals surface area (Å²) in [5.41, 5.74) is 1.41. The number of nitrogens with one attached hydrogen (secondary N) is 1. The van der Waals surface area contributed by atoms with E-state index in [4.69, 9.17) is 0 Å². The van der Waals surface area contributed by atoms with Crippen molar-refractivity contribution in [2.45, 2.75) is 6.92 Å². The van der Waals surface area contributed by atoms with Crippen molar-refractivity contribution in [3.63, 3.8) is 0 Å². The zero-order valence-electron chi connectivity index (χ0n) is 15.1. The van der Waals surface area contributed by atoms with Crippen molar-refractivity contribution in [3.05, 3.63) is 54.0 Å². The largest absolute Gasteiger partial charge is 0.367 e. The van der Waals surface area contributed by atoms with Gasteiger partial charge in [0, 0.05) is 37.9 Å². The standard InChI is InChI=1S/C19H21FN6O/c1-2-24-9-11-25(12-10-24)16-7-6-14(13-15(16)20)18(27)21-19-23-22-17-5-3-4-8-26(17)19/h3-8,13H,2,9-12H2,1H3,(H,21,23,27). The molecule has 1 aliphatic rings. The van der Waals surface area contributed by atoms with E-state index in [1.807, 2.05) is 17.0 Å². The molecule has 0 radical (unpaired) electrons. The maximum Gasteiger partial charge on any atom is 0.258 e. The fraction of sp³-hybridized carbons (Fsp3) is 0.316. The second kappa shape index (κ2) is 7.32. The second-order valence-electron chi connectivity index (χ2n) is 6.49. The zero-order valence-corrected chi connectivity index (χ0v) is 15.1. The van der Waals surface area contributed by atoms with Gasteiger partial charge in [-0.3, -0.25) is 14.5 Å². The Hall–Kier alpha value is -3.00. The van der Waals surface area contributed by atoms with Gasteiger partial charge in [-0.1, -0.05) is 13.0 Å². The molecule has 0 atom stereocenters. The van der Waals surface area contributed by atoms with Gasteiger partial charge in [-0.05, 0) is 36.9 Å². The lowest BCUT2D eigenvalue weighted by atomic mass is 10.1. The van der Waals surface area contributed by atoms with Crippen LogP contribution >= 0.6 is 0 Å². The van der Waals surface area contributed by atoms with Crippen LogP contribution < -0.4 is 10.2 Å². The lowest BCUT2D eigenvalue weighted by Gasteiger charge is -2.35. The number of benzene rings is 1. The summed E-state index contributed by atoms with van der Waals surface area (Å²) in [5, 5.41) is 10.6. The SMILES string of the molecule is CCN1CCN(c2ccc(C(=O)Nc3nnc4ccccn34)cc2F)CC1. The van der Waals surface area contributed by atoms with E-state index in [9.17, 15) is 9.18 Å². The summed E-state index contributed by atoms with van der Waals surface area (Å²) >= 11 is 0. The third kappa shape index (κ3) is 3.48. The smallest absolute Gasteiger partial charge is 0.258 e. The summed E-state index contributed by atoms with van der Waals surface area (Å²) in [6.07, 6.45) is 1.75. The molecule has 3 heterocycles. The van der Waals surface area contributed by atoms with Gasteiger partial charge in [-0.2, -0.15) is 0 Å². The van der Waals surface area contributed by atoms with E-state index < -0.39 is 11.7 Å². The Morgan fingerprint density at radius 3 is 2.70 bits per heavy atom. The van der Waals surface area contributed by atoms with E-state index in [-0.39, 0.29) is 5.56 Å². The van der Waals surface area contributed by atoms with Crippen molar-refractivity contribution in [1.29, 1.82) is 0 Å². The molecule has 1 fully saturated rings. The number of hydrogen-bond acceptors (Lipinski definition) is 5. The van der Waals surface area contributed by atoms with Crippen molar-refractivity contribution in [2.75, 3.05) is 42.9 Å². The maximum absolute atomic E-state index is 14.6. The summed E-state index contributed by atoms with van der Waals surface area (Å²) in [7, 11) is 0. The highest BCUT2D eigenvalue weighted by atomic mass is 19.1. The molecule has 0 saturated carbocycles. The molecule has 1 amide bonds. The number of nitrogens with zero attached hydrogens (tertiary/aromatic N) is 5. The maximum atomic E-state index is 14.6. The quantitative estimate of drug-likeness (QED) is 0.765. The van der Waals surface area contributed by atoms with Crippen LogP contribution in [0.25, 0.3) is 5.65 Å². The molecule has 8 heteroatoms. The van der Waals surface area contributed by atoms with Crippen LogP contribution in [0.5, 0.6) is 0 Å². The Kier molecular flexibility index (Phi) is 4.72. The predicted molar refractivity (Wildman–Crippen MR) is 102 cm³/mol. The third-order valence-corrected chi connectivity index (χ3v) is 4.91. The van der Waals surface area contributed by atoms with Crippen LogP contribution in [-0.4, -0.2) is 58.1 Å². The van der Waals surface area contributed by atoms with Gasteiger partial charge in [-0.15, -0.1) is 10.2 Å². The minimum Gasteiger partial charge on any atom is -0.367 e. The molecule has 1 aromatic carbocycles. The zero-order chi connectivity index (χ0) is 18.8. The van der Waals surface area contributed by atoms with Crippen molar-refractivity contribution in [3.8, 4) is 0 Å². The molecule has 2 aromatic heterocycles. The van der Waals surface area contributed by atoms with Crippen LogP contribution in [0.15, 0.2) is 42.6 Å². The summed E-state index contributed by atoms with van der Waals surface area (Å²) in [6.45, 7) is 6.52. The first kappa shape index (κ1) is 17.4. The normalized spacial score (nSPS) is 15.3. The highest BCUT2D eigenvalue weighted by Gasteiger charge is 2.20. The van der Waals surface area contributed by atoms with Gasteiger partial charge in [0.1, 0.15) is 5.82 Å². The minimum atomic E-state index is -0.422. The Morgan fingerprint density at radius 1 is 1.15 bits per heavy atom. The lowest BCUT2D eigenvalue weighted by Crippen LogP contribution is -2.46. The number of amides is 1. The van der Waals surface area contributed by atoms with E-state index in [1.54, 1.807) is 28.8 Å². The van der Waals surface area contributed by atoms with Gasteiger partial charge >= 0.3 is 0 Å². The number of rotatable bonds is 4. The summed E-state index contributed by atoms with van der Waals surface area (Å²) in [4.78, 5) is 16.9. The molecule has 7 nitrogen and oxygen atoms in total. The number of carbonyl (C=O) groups excluding carboxylic acids is 1. The Labute approximate surface area is 156 Å². The van der Waals surface area contributed by atoms with Gasteiger partial charge in [0.15, 0.2) is 5.65 Å². The van der Waals surface area contributed by atoms with Gasteiger partial charge in [0.05, 0.1) is 5.69 Å². The van der Waals surface area contributed by atoms with Gasteiger partial charge < -0.3 is 9.80 Å². The highest BCUT2D eigenvalue weighted by molar-refractivity contribution is 6.03. The van der Waals surface area contributed by atoms with Gasteiger partial charge in [-0.25, -0.2) is 4.39 Å². The summed E-state index contributed by atoms with van der Waals surface area (Å²) in [6, 6.07) is 10.0. The predicted octanol–water partition coefficient (Wildman–Crippen LogP) is 2.26. The number of hydrogen-bond donors (Lipinski definition) is 1. The van der Waals surface area contributed by atoms with Crippen LogP contribution in [0.4, 0.5) is 16.0 Å². The van der Waals surface area contributed by atoms with Gasteiger partial charge in [0.25, 0.3) is 5.91 Å². The van der Waals surface area contributed by atoms with Crippen LogP contribution in [-0.2, 0) is 0 Å². The third-order valence-electron chi connectivity index (χ3n) is 4.91. The number of aromatic nitrogens is 3. The molecule has 1 N–H and O–H groups in total. The van der Waals surface area contributed by atoms with Gasteiger partial charge in [0.2, 0.25) is 5.95 Å². The number of likely N-dealkylation sites (N-methyl/N-ethyl adjacent to an activating group) is 1. The monoisotopic (exact) mass is 368 g/mol. The van der Waals surface area contributed by atoms with Crippen molar-refractivity contribution < 1.29 is 9.18 Å². The number of fused-ring (bicyclic) bond motifs is 1. The first-order valence-corrected chi connectivity index (χ1v) is 9.03. The molecule has 0 bridgehead atoms. The van der Waals surface area contributed by atoms with Crippen molar-refractivity contribution in [2.24, 2.45) is 0 Å². The fourth-order valence-electron chi connectivity index (χ4n) is 3.31. The Balaban J connectivity index is 1.49. The van der Waals surface area contributed by atoms with Crippen LogP contribution in [0.2, 0.25) is 0 Å². The number of carbonyl (C=O) groups is 1. The summed E-state index contributed by atoms with van der Waals surface area (Å²) in [5.74, 6) is -0.510. The molecule has 1 saturated heterocycles. The molecule has 27 heavy (non-hydrogen) atoms. The van der Waals surface area contributed by atoms with Crippen molar-refractivity contribution in [1.82, 2.24) is 19.5 Å². The van der Waals surface area contributed by atoms with Crippen molar-refractivity contribution >= 4 is 23.2 Å². The fourth-order valence-corrected chi connectivity index (χ4v) is 3.31. The molecule has 3 aromatic rings. The van der Waals surface area contributed by atoms with Crippen LogP contribution in [0.3, 0.4) is 0 Å². The molecule has 4 rings (SSSR count). The van der Waals surface area contributed by atoms with E-state index >= 15 is 0 Å².